The highest BCUT2D eigenvalue weighted by Gasteiger charge is 2.41. The molecule has 1 aliphatic carbocycles. The topological polar surface area (TPSA) is 103 Å². The zero-order chi connectivity index (χ0) is 29.1. The lowest BCUT2D eigenvalue weighted by Crippen LogP contribution is -2.36. The maximum atomic E-state index is 13.9. The lowest BCUT2D eigenvalue weighted by atomic mass is 9.71. The number of phenols is 1. The maximum Gasteiger partial charge on any atom is 0.337 e. The van der Waals surface area contributed by atoms with E-state index in [1.807, 2.05) is 55.5 Å². The molecule has 0 spiro atoms. The number of carbonyl (C=O) groups is 2. The molecule has 8 nitrogen and oxygen atoms in total. The van der Waals surface area contributed by atoms with E-state index in [0.717, 1.165) is 16.8 Å². The van der Waals surface area contributed by atoms with Crippen LogP contribution in [0.15, 0.2) is 89.3 Å². The van der Waals surface area contributed by atoms with Gasteiger partial charge in [-0.05, 0) is 60.2 Å². The third-order valence-corrected chi connectivity index (χ3v) is 7.68. The number of ether oxygens (including phenoxy) is 4. The summed E-state index contributed by atoms with van der Waals surface area (Å²) in [6.45, 7) is 1.92. The number of Topliss-reactive ketones (excluding diaryl/α,β-unsaturated/α-hetero) is 1. The Balaban J connectivity index is 1.54. The number of hydrogen-bond acceptors (Lipinski definition) is 8. The first-order valence-electron chi connectivity index (χ1n) is 13.4. The van der Waals surface area contributed by atoms with Crippen LogP contribution in [0.4, 0.5) is 0 Å². The van der Waals surface area contributed by atoms with Crippen LogP contribution in [0.3, 0.4) is 0 Å². The van der Waals surface area contributed by atoms with Crippen LogP contribution < -0.4 is 19.5 Å². The van der Waals surface area contributed by atoms with Gasteiger partial charge in [0.15, 0.2) is 28.8 Å². The summed E-state index contributed by atoms with van der Waals surface area (Å²) in [4.78, 5) is 27.6. The van der Waals surface area contributed by atoms with Crippen molar-refractivity contribution in [2.24, 2.45) is 0 Å². The second kappa shape index (κ2) is 11.8. The number of ketones is 1. The van der Waals surface area contributed by atoms with Crippen molar-refractivity contribution in [3.8, 4) is 23.0 Å². The Hall–Kier alpha value is -4.72. The predicted molar refractivity (Wildman–Crippen MR) is 153 cm³/mol. The van der Waals surface area contributed by atoms with Gasteiger partial charge in [-0.15, -0.1) is 0 Å². The molecule has 2 aliphatic rings. The number of hydrogen-bond donors (Lipinski definition) is 2. The molecule has 0 unspecified atom stereocenters. The standard InChI is InChI=1S/C33H33NO7/c1-19-30(33(37)41-18-20-8-6-5-7-9-20)31(22-10-12-25(35)28(17-22)39-3)32-24(34-19)14-23(15-26(32)36)21-11-13-27(38-2)29(16-21)40-4/h5-13,16-17,23,31,34-35H,14-15,18H2,1-4H3/t23-,31+/m0/s1. The van der Waals surface area contributed by atoms with E-state index in [1.165, 1.54) is 13.2 Å². The molecular weight excluding hydrogens is 522 g/mol. The van der Waals surface area contributed by atoms with Crippen LogP contribution in [0.1, 0.15) is 48.3 Å². The maximum absolute atomic E-state index is 13.9. The first-order chi connectivity index (χ1) is 19.8. The number of methoxy groups -OCH3 is 3. The minimum absolute atomic E-state index is 0.0308. The third kappa shape index (κ3) is 5.50. The molecule has 3 aromatic carbocycles. The quantitative estimate of drug-likeness (QED) is 0.350. The molecule has 0 fully saturated rings. The number of aromatic hydroxyl groups is 1. The van der Waals surface area contributed by atoms with E-state index < -0.39 is 11.9 Å². The lowest BCUT2D eigenvalue weighted by Gasteiger charge is -2.37. The lowest BCUT2D eigenvalue weighted by molar-refractivity contribution is -0.140. The molecule has 0 saturated carbocycles. The number of esters is 1. The smallest absolute Gasteiger partial charge is 0.337 e. The van der Waals surface area contributed by atoms with Gasteiger partial charge in [0.1, 0.15) is 6.61 Å². The van der Waals surface area contributed by atoms with Gasteiger partial charge in [0, 0.05) is 29.3 Å². The summed E-state index contributed by atoms with van der Waals surface area (Å²) >= 11 is 0. The third-order valence-electron chi connectivity index (χ3n) is 7.68. The summed E-state index contributed by atoms with van der Waals surface area (Å²) in [6, 6.07) is 20.0. The van der Waals surface area contributed by atoms with Crippen LogP contribution in [-0.2, 0) is 20.9 Å². The molecule has 2 N–H and O–H groups in total. The number of rotatable bonds is 8. The normalized spacial score (nSPS) is 18.4. The molecule has 0 saturated heterocycles. The van der Waals surface area contributed by atoms with Gasteiger partial charge in [-0.3, -0.25) is 4.79 Å². The van der Waals surface area contributed by atoms with Crippen LogP contribution in [0.2, 0.25) is 0 Å². The minimum Gasteiger partial charge on any atom is -0.504 e. The summed E-state index contributed by atoms with van der Waals surface area (Å²) in [5.74, 6) is 0.0656. The fraction of sp³-hybridized carbons (Fsp3) is 0.273. The van der Waals surface area contributed by atoms with Crippen molar-refractivity contribution in [2.45, 2.75) is 38.2 Å². The van der Waals surface area contributed by atoms with E-state index in [9.17, 15) is 14.7 Å². The van der Waals surface area contributed by atoms with Crippen LogP contribution in [0.25, 0.3) is 0 Å². The SMILES string of the molecule is COc1cc([C@@H]2C(C(=O)OCc3ccccc3)=C(C)NC3=C2C(=O)C[C@@H](c2ccc(OC)c(OC)c2)C3)ccc1O. The van der Waals surface area contributed by atoms with Crippen molar-refractivity contribution in [1.29, 1.82) is 0 Å². The average Bonchev–Trinajstić information content (AvgIpc) is 2.99. The average molecular weight is 556 g/mol. The molecule has 0 bridgehead atoms. The van der Waals surface area contributed by atoms with Crippen LogP contribution in [0, 0.1) is 0 Å². The number of carbonyl (C=O) groups excluding carboxylic acids is 2. The monoisotopic (exact) mass is 555 g/mol. The van der Waals surface area contributed by atoms with Crippen LogP contribution >= 0.6 is 0 Å². The molecule has 5 rings (SSSR count). The summed E-state index contributed by atoms with van der Waals surface area (Å²) in [7, 11) is 4.63. The molecule has 8 heteroatoms. The molecule has 0 amide bonds. The van der Waals surface area contributed by atoms with E-state index in [-0.39, 0.29) is 36.2 Å². The fourth-order valence-corrected chi connectivity index (χ4v) is 5.66. The molecule has 1 aliphatic heterocycles. The fourth-order valence-electron chi connectivity index (χ4n) is 5.66. The van der Waals surface area contributed by atoms with E-state index in [2.05, 4.69) is 5.32 Å². The molecule has 3 aromatic rings. The summed E-state index contributed by atoms with van der Waals surface area (Å²) in [5.41, 5.74) is 4.71. The van der Waals surface area contributed by atoms with Gasteiger partial charge in [0.2, 0.25) is 0 Å². The summed E-state index contributed by atoms with van der Waals surface area (Å²) in [5, 5.41) is 13.6. The second-order valence-corrected chi connectivity index (χ2v) is 10.1. The first-order valence-corrected chi connectivity index (χ1v) is 13.4. The highest BCUT2D eigenvalue weighted by atomic mass is 16.5. The van der Waals surface area contributed by atoms with Gasteiger partial charge in [-0.2, -0.15) is 0 Å². The highest BCUT2D eigenvalue weighted by molar-refractivity contribution is 6.04. The van der Waals surface area contributed by atoms with Gasteiger partial charge in [-0.25, -0.2) is 4.79 Å². The zero-order valence-corrected chi connectivity index (χ0v) is 23.5. The number of allylic oxidation sites excluding steroid dienone is 3. The van der Waals surface area contributed by atoms with Crippen molar-refractivity contribution >= 4 is 11.8 Å². The Morgan fingerprint density at radius 3 is 2.27 bits per heavy atom. The molecule has 1 heterocycles. The van der Waals surface area contributed by atoms with Gasteiger partial charge >= 0.3 is 5.97 Å². The highest BCUT2D eigenvalue weighted by Crippen LogP contribution is 2.47. The molecule has 0 radical (unpaired) electrons. The molecule has 212 valence electrons. The van der Waals surface area contributed by atoms with Gasteiger partial charge in [-0.1, -0.05) is 42.5 Å². The van der Waals surface area contributed by atoms with Crippen molar-refractivity contribution < 1.29 is 33.6 Å². The number of nitrogens with one attached hydrogen (secondary N) is 1. The van der Waals surface area contributed by atoms with Crippen LogP contribution in [-0.4, -0.2) is 38.2 Å². The minimum atomic E-state index is -0.692. The van der Waals surface area contributed by atoms with E-state index in [0.29, 0.717) is 40.3 Å². The van der Waals surface area contributed by atoms with Gasteiger partial charge in [0.25, 0.3) is 0 Å². The Kier molecular flexibility index (Phi) is 8.01. The Morgan fingerprint density at radius 1 is 0.878 bits per heavy atom. The number of phenolic OH excluding ortho intramolecular Hbond substituents is 1. The number of dihydropyridines is 1. The number of benzene rings is 3. The summed E-state index contributed by atoms with van der Waals surface area (Å²) < 4.78 is 22.0. The van der Waals surface area contributed by atoms with Crippen molar-refractivity contribution in [3.63, 3.8) is 0 Å². The Bertz CT molecular complexity index is 1540. The zero-order valence-electron chi connectivity index (χ0n) is 23.5. The van der Waals surface area contributed by atoms with Gasteiger partial charge < -0.3 is 29.4 Å². The van der Waals surface area contributed by atoms with Crippen LogP contribution in [0.5, 0.6) is 23.0 Å². The van der Waals surface area contributed by atoms with Crippen molar-refractivity contribution in [3.05, 3.63) is 106 Å². The Morgan fingerprint density at radius 2 is 1.56 bits per heavy atom. The molecule has 0 aromatic heterocycles. The van der Waals surface area contributed by atoms with E-state index >= 15 is 0 Å². The largest absolute Gasteiger partial charge is 0.504 e. The first kappa shape index (κ1) is 27.8. The van der Waals surface area contributed by atoms with E-state index in [1.54, 1.807) is 26.4 Å². The Labute approximate surface area is 239 Å². The van der Waals surface area contributed by atoms with Gasteiger partial charge in [0.05, 0.1) is 26.9 Å². The molecular formula is C33H33NO7. The second-order valence-electron chi connectivity index (χ2n) is 10.1. The predicted octanol–water partition coefficient (Wildman–Crippen LogP) is 5.52. The summed E-state index contributed by atoms with van der Waals surface area (Å²) in [6.07, 6.45) is 0.819. The van der Waals surface area contributed by atoms with Crippen molar-refractivity contribution in [2.75, 3.05) is 21.3 Å². The molecule has 41 heavy (non-hydrogen) atoms. The molecule has 2 atom stereocenters. The van der Waals surface area contributed by atoms with Crippen molar-refractivity contribution in [1.82, 2.24) is 5.32 Å². The van der Waals surface area contributed by atoms with E-state index in [4.69, 9.17) is 18.9 Å².